The van der Waals surface area contributed by atoms with Gasteiger partial charge < -0.3 is 15.4 Å². The Balaban J connectivity index is 2.63. The molecule has 0 aromatic carbocycles. The summed E-state index contributed by atoms with van der Waals surface area (Å²) in [4.78, 5) is 24.3. The normalized spacial score (nSPS) is 23.2. The van der Waals surface area contributed by atoms with E-state index >= 15 is 0 Å². The topological polar surface area (TPSA) is 72.6 Å². The SMILES string of the molecule is CC[C@@H](C(N)=O)N1CC(COC)CC1=O. The smallest absolute Gasteiger partial charge is 0.240 e. The fraction of sp³-hybridized carbons (Fsp3) is 0.800. The van der Waals surface area contributed by atoms with E-state index in [1.165, 1.54) is 0 Å². The van der Waals surface area contributed by atoms with E-state index in [2.05, 4.69) is 0 Å². The molecule has 0 bridgehead atoms. The maximum absolute atomic E-state index is 11.6. The third-order valence-corrected chi connectivity index (χ3v) is 2.73. The first-order valence-electron chi connectivity index (χ1n) is 5.17. The first-order valence-corrected chi connectivity index (χ1v) is 5.17. The number of nitrogens with zero attached hydrogens (tertiary/aromatic N) is 1. The summed E-state index contributed by atoms with van der Waals surface area (Å²) >= 11 is 0. The van der Waals surface area contributed by atoms with Crippen LogP contribution >= 0.6 is 0 Å². The first kappa shape index (κ1) is 12.0. The van der Waals surface area contributed by atoms with E-state index in [0.29, 0.717) is 26.0 Å². The van der Waals surface area contributed by atoms with Crippen molar-refractivity contribution in [1.82, 2.24) is 4.90 Å². The Labute approximate surface area is 89.6 Å². The second-order valence-corrected chi connectivity index (χ2v) is 3.90. The van der Waals surface area contributed by atoms with Gasteiger partial charge in [-0.15, -0.1) is 0 Å². The number of primary amides is 1. The molecule has 0 aromatic heterocycles. The van der Waals surface area contributed by atoms with Crippen molar-refractivity contribution in [1.29, 1.82) is 0 Å². The second-order valence-electron chi connectivity index (χ2n) is 3.90. The van der Waals surface area contributed by atoms with Crippen molar-refractivity contribution >= 4 is 11.8 Å². The van der Waals surface area contributed by atoms with Crippen LogP contribution in [0.5, 0.6) is 0 Å². The number of likely N-dealkylation sites (tertiary alicyclic amines) is 1. The van der Waals surface area contributed by atoms with Crippen molar-refractivity contribution in [3.05, 3.63) is 0 Å². The third kappa shape index (κ3) is 2.68. The van der Waals surface area contributed by atoms with Crippen LogP contribution < -0.4 is 5.73 Å². The number of methoxy groups -OCH3 is 1. The molecule has 1 unspecified atom stereocenters. The minimum Gasteiger partial charge on any atom is -0.384 e. The van der Waals surface area contributed by atoms with Gasteiger partial charge in [0, 0.05) is 26.0 Å². The summed E-state index contributed by atoms with van der Waals surface area (Å²) in [6.45, 7) is 2.98. The van der Waals surface area contributed by atoms with Gasteiger partial charge in [-0.3, -0.25) is 9.59 Å². The molecule has 1 heterocycles. The van der Waals surface area contributed by atoms with Gasteiger partial charge in [0.25, 0.3) is 0 Å². The lowest BCUT2D eigenvalue weighted by atomic mass is 10.1. The van der Waals surface area contributed by atoms with Crippen LogP contribution in [0.1, 0.15) is 19.8 Å². The maximum atomic E-state index is 11.6. The largest absolute Gasteiger partial charge is 0.384 e. The lowest BCUT2D eigenvalue weighted by molar-refractivity contribution is -0.136. The number of hydrogen-bond donors (Lipinski definition) is 1. The highest BCUT2D eigenvalue weighted by Gasteiger charge is 2.35. The summed E-state index contributed by atoms with van der Waals surface area (Å²) in [5, 5.41) is 0. The number of carbonyl (C=O) groups excluding carboxylic acids is 2. The summed E-state index contributed by atoms with van der Waals surface area (Å²) in [7, 11) is 1.61. The van der Waals surface area contributed by atoms with Gasteiger partial charge in [-0.1, -0.05) is 6.92 Å². The summed E-state index contributed by atoms with van der Waals surface area (Å²) in [5.41, 5.74) is 5.24. The lowest BCUT2D eigenvalue weighted by Crippen LogP contribution is -2.45. The molecule has 1 saturated heterocycles. The Kier molecular flexibility index (Phi) is 4.08. The van der Waals surface area contributed by atoms with Crippen molar-refractivity contribution in [3.8, 4) is 0 Å². The Morgan fingerprint density at radius 3 is 2.87 bits per heavy atom. The molecule has 5 heteroatoms. The third-order valence-electron chi connectivity index (χ3n) is 2.73. The minimum absolute atomic E-state index is 0.00250. The van der Waals surface area contributed by atoms with Gasteiger partial charge in [-0.25, -0.2) is 0 Å². The molecule has 5 nitrogen and oxygen atoms in total. The number of ether oxygens (including phenoxy) is 1. The molecule has 2 atom stereocenters. The molecular formula is C10H18N2O3. The molecule has 0 aromatic rings. The minimum atomic E-state index is -0.459. The molecule has 86 valence electrons. The maximum Gasteiger partial charge on any atom is 0.240 e. The zero-order valence-corrected chi connectivity index (χ0v) is 9.23. The van der Waals surface area contributed by atoms with Gasteiger partial charge in [-0.2, -0.15) is 0 Å². The van der Waals surface area contributed by atoms with Gasteiger partial charge in [-0.05, 0) is 6.42 Å². The number of nitrogens with two attached hydrogens (primary N) is 1. The number of hydrogen-bond acceptors (Lipinski definition) is 3. The molecule has 1 aliphatic heterocycles. The Morgan fingerprint density at radius 2 is 2.40 bits per heavy atom. The van der Waals surface area contributed by atoms with Crippen LogP contribution in [-0.4, -0.2) is 43.0 Å². The van der Waals surface area contributed by atoms with Crippen molar-refractivity contribution in [3.63, 3.8) is 0 Å². The van der Waals surface area contributed by atoms with Crippen molar-refractivity contribution < 1.29 is 14.3 Å². The zero-order chi connectivity index (χ0) is 11.4. The fourth-order valence-electron chi connectivity index (χ4n) is 2.03. The number of amides is 2. The average molecular weight is 214 g/mol. The summed E-state index contributed by atoms with van der Waals surface area (Å²) < 4.78 is 5.00. The van der Waals surface area contributed by atoms with E-state index in [1.807, 2.05) is 6.92 Å². The molecule has 15 heavy (non-hydrogen) atoms. The van der Waals surface area contributed by atoms with Crippen LogP contribution in [0, 0.1) is 5.92 Å². The molecule has 1 fully saturated rings. The standard InChI is InChI=1S/C10H18N2O3/c1-3-8(10(11)14)12-5-7(6-15-2)4-9(12)13/h7-8H,3-6H2,1-2H3,(H2,11,14)/t7?,8-/m0/s1. The van der Waals surface area contributed by atoms with Crippen LogP contribution in [0.3, 0.4) is 0 Å². The van der Waals surface area contributed by atoms with Crippen LogP contribution in [0.15, 0.2) is 0 Å². The van der Waals surface area contributed by atoms with Crippen LogP contribution in [-0.2, 0) is 14.3 Å². The summed E-state index contributed by atoms with van der Waals surface area (Å²) in [6, 6.07) is -0.459. The van der Waals surface area contributed by atoms with Crippen molar-refractivity contribution in [2.24, 2.45) is 11.7 Å². The first-order chi connectivity index (χ1) is 7.10. The van der Waals surface area contributed by atoms with Gasteiger partial charge in [0.1, 0.15) is 6.04 Å². The molecule has 2 amide bonds. The van der Waals surface area contributed by atoms with Gasteiger partial charge in [0.05, 0.1) is 6.61 Å². The summed E-state index contributed by atoms with van der Waals surface area (Å²) in [5.74, 6) is -0.234. The van der Waals surface area contributed by atoms with E-state index in [1.54, 1.807) is 12.0 Å². The quantitative estimate of drug-likeness (QED) is 0.685. The molecule has 1 rings (SSSR count). The van der Waals surface area contributed by atoms with E-state index in [-0.39, 0.29) is 11.8 Å². The highest BCUT2D eigenvalue weighted by molar-refractivity contribution is 5.87. The van der Waals surface area contributed by atoms with Gasteiger partial charge in [0.15, 0.2) is 0 Å². The van der Waals surface area contributed by atoms with E-state index in [0.717, 1.165) is 0 Å². The Hall–Kier alpha value is -1.10. The van der Waals surface area contributed by atoms with Crippen molar-refractivity contribution in [2.45, 2.75) is 25.8 Å². The molecule has 0 radical (unpaired) electrons. The molecule has 0 saturated carbocycles. The molecule has 2 N–H and O–H groups in total. The second kappa shape index (κ2) is 5.11. The molecule has 1 aliphatic rings. The average Bonchev–Trinajstić information content (AvgIpc) is 2.49. The highest BCUT2D eigenvalue weighted by atomic mass is 16.5. The highest BCUT2D eigenvalue weighted by Crippen LogP contribution is 2.21. The van der Waals surface area contributed by atoms with Gasteiger partial charge >= 0.3 is 0 Å². The fourth-order valence-corrected chi connectivity index (χ4v) is 2.03. The van der Waals surface area contributed by atoms with E-state index in [4.69, 9.17) is 10.5 Å². The molecular weight excluding hydrogens is 196 g/mol. The van der Waals surface area contributed by atoms with E-state index < -0.39 is 11.9 Å². The zero-order valence-electron chi connectivity index (χ0n) is 9.23. The van der Waals surface area contributed by atoms with Crippen LogP contribution in [0.2, 0.25) is 0 Å². The van der Waals surface area contributed by atoms with Crippen molar-refractivity contribution in [2.75, 3.05) is 20.3 Å². The van der Waals surface area contributed by atoms with E-state index in [9.17, 15) is 9.59 Å². The number of carbonyl (C=O) groups is 2. The molecule has 0 aliphatic carbocycles. The predicted octanol–water partition coefficient (Wildman–Crippen LogP) is -0.255. The Morgan fingerprint density at radius 1 is 1.73 bits per heavy atom. The molecule has 0 spiro atoms. The van der Waals surface area contributed by atoms with Crippen LogP contribution in [0.4, 0.5) is 0 Å². The number of rotatable bonds is 5. The summed E-state index contributed by atoms with van der Waals surface area (Å²) in [6.07, 6.45) is 1.03. The Bertz CT molecular complexity index is 255. The lowest BCUT2D eigenvalue weighted by Gasteiger charge is -2.24. The van der Waals surface area contributed by atoms with Crippen LogP contribution in [0.25, 0.3) is 0 Å². The predicted molar refractivity (Wildman–Crippen MR) is 55.0 cm³/mol. The van der Waals surface area contributed by atoms with Gasteiger partial charge in [0.2, 0.25) is 11.8 Å². The monoisotopic (exact) mass is 214 g/mol.